The number of hydrogen-bond donors (Lipinski definition) is 0. The van der Waals surface area contributed by atoms with Gasteiger partial charge < -0.3 is 19.5 Å². The van der Waals surface area contributed by atoms with Crippen molar-refractivity contribution in [3.63, 3.8) is 0 Å². The monoisotopic (exact) mass is 269 g/mol. The molecule has 0 atom stereocenters. The van der Waals surface area contributed by atoms with Crippen LogP contribution in [0.5, 0.6) is 0 Å². The van der Waals surface area contributed by atoms with Gasteiger partial charge >= 0.3 is 57.5 Å². The third-order valence-electron chi connectivity index (χ3n) is 2.01. The topological polar surface area (TPSA) is 69.7 Å². The molecule has 0 spiro atoms. The van der Waals surface area contributed by atoms with E-state index in [-0.39, 0.29) is 63.1 Å². The van der Waals surface area contributed by atoms with E-state index in [0.29, 0.717) is 0 Å². The molecule has 94 valence electrons. The maximum absolute atomic E-state index is 11.5. The van der Waals surface area contributed by atoms with Crippen LogP contribution in [0.2, 0.25) is 0 Å². The van der Waals surface area contributed by atoms with Gasteiger partial charge in [0.2, 0.25) is 0 Å². The molecule has 1 heterocycles. The standard InChI is InChI=1S/C10H19NO2.CH2O2.K/c1-10(2,3)13-9(12)11-7-5-4-6-8-11;2-1-3;/h4-8H2,1-3H3;1H,(H,2,3);/q;;+1/p-1. The maximum atomic E-state index is 11.5. The molecule has 1 aliphatic rings. The minimum absolute atomic E-state index is 0. The first-order valence-electron chi connectivity index (χ1n) is 5.44. The van der Waals surface area contributed by atoms with Crippen LogP contribution in [0.25, 0.3) is 0 Å². The Morgan fingerprint density at radius 3 is 2.00 bits per heavy atom. The van der Waals surface area contributed by atoms with Crippen LogP contribution in [0.4, 0.5) is 4.79 Å². The Hall–Kier alpha value is 0.376. The largest absolute Gasteiger partial charge is 1.00 e. The fourth-order valence-corrected chi connectivity index (χ4v) is 1.40. The molecule has 1 fully saturated rings. The second-order valence-corrected chi connectivity index (χ2v) is 4.62. The summed E-state index contributed by atoms with van der Waals surface area (Å²) in [5.41, 5.74) is -0.367. The van der Waals surface area contributed by atoms with Crippen molar-refractivity contribution in [3.8, 4) is 0 Å². The fraction of sp³-hybridized carbons (Fsp3) is 0.818. The van der Waals surface area contributed by atoms with Crippen molar-refractivity contribution in [3.05, 3.63) is 0 Å². The predicted octanol–water partition coefficient (Wildman–Crippen LogP) is -2.22. The van der Waals surface area contributed by atoms with E-state index >= 15 is 0 Å². The number of nitrogens with zero attached hydrogens (tertiary/aromatic N) is 1. The molecule has 1 amide bonds. The zero-order valence-corrected chi connectivity index (χ0v) is 14.3. The Kier molecular flexibility index (Phi) is 12.0. The van der Waals surface area contributed by atoms with E-state index < -0.39 is 6.47 Å². The van der Waals surface area contributed by atoms with Gasteiger partial charge in [0.1, 0.15) is 5.60 Å². The van der Waals surface area contributed by atoms with E-state index in [2.05, 4.69) is 0 Å². The summed E-state index contributed by atoms with van der Waals surface area (Å²) in [6, 6.07) is 0. The molecular weight excluding hydrogens is 249 g/mol. The van der Waals surface area contributed by atoms with Crippen molar-refractivity contribution < 1.29 is 70.8 Å². The van der Waals surface area contributed by atoms with Crippen LogP contribution in [0.15, 0.2) is 0 Å². The first kappa shape index (κ1) is 19.7. The van der Waals surface area contributed by atoms with E-state index in [0.717, 1.165) is 25.9 Å². The van der Waals surface area contributed by atoms with Crippen molar-refractivity contribution in [2.75, 3.05) is 13.1 Å². The molecule has 0 bridgehead atoms. The first-order valence-corrected chi connectivity index (χ1v) is 5.44. The van der Waals surface area contributed by atoms with E-state index in [1.54, 1.807) is 4.90 Å². The van der Waals surface area contributed by atoms with Gasteiger partial charge in [0.15, 0.2) is 0 Å². The number of likely N-dealkylation sites (tertiary alicyclic amines) is 1. The number of rotatable bonds is 0. The second kappa shape index (κ2) is 10.3. The summed E-state index contributed by atoms with van der Waals surface area (Å²) >= 11 is 0. The Bertz CT molecular complexity index is 222. The SMILES string of the molecule is CC(C)(C)OC(=O)N1CCCCC1.O=C[O-].[K+]. The average molecular weight is 269 g/mol. The molecular formula is C11H20KNO4. The normalized spacial score (nSPS) is 14.9. The van der Waals surface area contributed by atoms with Gasteiger partial charge in [0.25, 0.3) is 0 Å². The predicted molar refractivity (Wildman–Crippen MR) is 57.7 cm³/mol. The van der Waals surface area contributed by atoms with Gasteiger partial charge in [0.05, 0.1) is 0 Å². The van der Waals surface area contributed by atoms with Crippen molar-refractivity contribution in [1.29, 1.82) is 0 Å². The molecule has 1 rings (SSSR count). The van der Waals surface area contributed by atoms with Gasteiger partial charge in [-0.25, -0.2) is 4.79 Å². The molecule has 0 N–H and O–H groups in total. The van der Waals surface area contributed by atoms with Gasteiger partial charge in [-0.3, -0.25) is 0 Å². The molecule has 0 unspecified atom stereocenters. The number of piperidine rings is 1. The molecule has 17 heavy (non-hydrogen) atoms. The van der Waals surface area contributed by atoms with Crippen molar-refractivity contribution in [2.24, 2.45) is 0 Å². The van der Waals surface area contributed by atoms with Crippen molar-refractivity contribution in [1.82, 2.24) is 4.90 Å². The van der Waals surface area contributed by atoms with E-state index in [1.165, 1.54) is 6.42 Å². The van der Waals surface area contributed by atoms with Crippen molar-refractivity contribution in [2.45, 2.75) is 45.6 Å². The van der Waals surface area contributed by atoms with Crippen LogP contribution in [-0.4, -0.2) is 36.2 Å². The van der Waals surface area contributed by atoms with Crippen LogP contribution < -0.4 is 56.5 Å². The van der Waals surface area contributed by atoms with E-state index in [9.17, 15) is 4.79 Å². The summed E-state index contributed by atoms with van der Waals surface area (Å²) in [4.78, 5) is 21.6. The fourth-order valence-electron chi connectivity index (χ4n) is 1.40. The smallest absolute Gasteiger partial charge is 0.554 e. The number of ether oxygens (including phenoxy) is 1. The minimum atomic E-state index is -0.500. The van der Waals surface area contributed by atoms with Crippen LogP contribution >= 0.6 is 0 Å². The Labute approximate surface area is 145 Å². The summed E-state index contributed by atoms with van der Waals surface area (Å²) in [6.07, 6.45) is 3.30. The molecule has 1 aliphatic heterocycles. The first-order chi connectivity index (χ1) is 7.40. The molecule has 0 saturated carbocycles. The van der Waals surface area contributed by atoms with Crippen molar-refractivity contribution >= 4 is 12.6 Å². The molecule has 6 heteroatoms. The number of carbonyl (C=O) groups excluding carboxylic acids is 2. The van der Waals surface area contributed by atoms with Crippen LogP contribution in [0.3, 0.4) is 0 Å². The summed E-state index contributed by atoms with van der Waals surface area (Å²) in [5, 5.41) is 8.25. The third kappa shape index (κ3) is 11.2. The summed E-state index contributed by atoms with van der Waals surface area (Å²) in [6.45, 7) is 6.91. The maximum Gasteiger partial charge on any atom is 1.00 e. The third-order valence-corrected chi connectivity index (χ3v) is 2.01. The Balaban J connectivity index is 0. The van der Waals surface area contributed by atoms with Crippen LogP contribution in [-0.2, 0) is 9.53 Å². The number of carbonyl (C=O) groups is 2. The quantitative estimate of drug-likeness (QED) is 0.369. The number of carboxylic acid groups (broad SMARTS) is 1. The van der Waals surface area contributed by atoms with Gasteiger partial charge in [0, 0.05) is 19.6 Å². The Morgan fingerprint density at radius 2 is 1.65 bits per heavy atom. The molecule has 0 radical (unpaired) electrons. The van der Waals surface area contributed by atoms with Gasteiger partial charge in [-0.2, -0.15) is 0 Å². The Morgan fingerprint density at radius 1 is 1.24 bits per heavy atom. The summed E-state index contributed by atoms with van der Waals surface area (Å²) in [7, 11) is 0. The average Bonchev–Trinajstić information content (AvgIpc) is 2.18. The molecule has 0 aromatic rings. The summed E-state index contributed by atoms with van der Waals surface area (Å²) < 4.78 is 5.26. The minimum Gasteiger partial charge on any atom is -0.554 e. The molecule has 0 aromatic carbocycles. The van der Waals surface area contributed by atoms with E-state index in [1.807, 2.05) is 20.8 Å². The van der Waals surface area contributed by atoms with Gasteiger partial charge in [-0.1, -0.05) is 0 Å². The van der Waals surface area contributed by atoms with Crippen LogP contribution in [0, 0.1) is 0 Å². The second-order valence-electron chi connectivity index (χ2n) is 4.62. The van der Waals surface area contributed by atoms with Gasteiger partial charge in [-0.05, 0) is 40.0 Å². The number of amides is 1. The molecule has 5 nitrogen and oxygen atoms in total. The number of hydrogen-bond acceptors (Lipinski definition) is 4. The molecule has 0 aliphatic carbocycles. The summed E-state index contributed by atoms with van der Waals surface area (Å²) in [5.74, 6) is 0. The molecule has 0 aromatic heterocycles. The molecule has 1 saturated heterocycles. The zero-order valence-electron chi connectivity index (χ0n) is 11.2. The zero-order chi connectivity index (χ0) is 12.6. The van der Waals surface area contributed by atoms with Gasteiger partial charge in [-0.15, -0.1) is 0 Å². The van der Waals surface area contributed by atoms with Crippen LogP contribution in [0.1, 0.15) is 40.0 Å². The van der Waals surface area contributed by atoms with E-state index in [4.69, 9.17) is 14.6 Å².